The molecule has 0 unspecified atom stereocenters. The van der Waals surface area contributed by atoms with E-state index in [4.69, 9.17) is 0 Å². The van der Waals surface area contributed by atoms with Gasteiger partial charge in [-0.05, 0) is 32.0 Å². The number of piperidine rings is 1. The van der Waals surface area contributed by atoms with Crippen LogP contribution in [0.1, 0.15) is 12.8 Å². The van der Waals surface area contributed by atoms with Gasteiger partial charge in [-0.2, -0.15) is 4.31 Å². The molecule has 8 heteroatoms. The molecule has 3 rings (SSSR count). The molecule has 1 aromatic heterocycles. The molecule has 2 heterocycles. The average molecular weight is 331 g/mol. The van der Waals surface area contributed by atoms with Crippen LogP contribution in [0.4, 0.5) is 0 Å². The zero-order chi connectivity index (χ0) is 14.2. The summed E-state index contributed by atoms with van der Waals surface area (Å²) in [5, 5.41) is 3.24. The van der Waals surface area contributed by atoms with E-state index in [0.717, 1.165) is 18.4 Å². The van der Waals surface area contributed by atoms with E-state index in [0.29, 0.717) is 24.6 Å². The molecule has 2 N–H and O–H groups in total. The number of imidazole rings is 1. The van der Waals surface area contributed by atoms with E-state index in [-0.39, 0.29) is 17.6 Å². The Labute approximate surface area is 130 Å². The highest BCUT2D eigenvalue weighted by Crippen LogP contribution is 2.21. The van der Waals surface area contributed by atoms with Crippen molar-refractivity contribution in [1.82, 2.24) is 19.6 Å². The Morgan fingerprint density at radius 1 is 1.29 bits per heavy atom. The van der Waals surface area contributed by atoms with Crippen molar-refractivity contribution in [3.8, 4) is 0 Å². The fourth-order valence-electron chi connectivity index (χ4n) is 2.56. The number of aromatic nitrogens is 2. The zero-order valence-electron chi connectivity index (χ0n) is 11.7. The van der Waals surface area contributed by atoms with Crippen molar-refractivity contribution in [3.63, 3.8) is 0 Å². The Bertz CT molecular complexity index is 675. The molecule has 21 heavy (non-hydrogen) atoms. The molecule has 1 fully saturated rings. The maximum atomic E-state index is 12.6. The third kappa shape index (κ3) is 3.06. The van der Waals surface area contributed by atoms with Gasteiger partial charge in [-0.15, -0.1) is 12.4 Å². The number of H-pyrrole nitrogens is 1. The van der Waals surface area contributed by atoms with Gasteiger partial charge in [0.2, 0.25) is 5.16 Å². The minimum Gasteiger partial charge on any atom is -0.328 e. The van der Waals surface area contributed by atoms with Crippen molar-refractivity contribution in [2.75, 3.05) is 20.1 Å². The Morgan fingerprint density at radius 3 is 2.57 bits per heavy atom. The first-order valence-corrected chi connectivity index (χ1v) is 8.17. The van der Waals surface area contributed by atoms with Crippen LogP contribution in [0.2, 0.25) is 0 Å². The number of nitrogens with zero attached hydrogens (tertiary/aromatic N) is 2. The van der Waals surface area contributed by atoms with Gasteiger partial charge in [0.25, 0.3) is 10.0 Å². The molecular weight excluding hydrogens is 312 g/mol. The average Bonchev–Trinajstić information content (AvgIpc) is 2.92. The molecule has 0 spiro atoms. The summed E-state index contributed by atoms with van der Waals surface area (Å²) in [4.78, 5) is 7.10. The molecule has 0 atom stereocenters. The first-order valence-electron chi connectivity index (χ1n) is 6.73. The van der Waals surface area contributed by atoms with Gasteiger partial charge >= 0.3 is 0 Å². The minimum atomic E-state index is -3.52. The van der Waals surface area contributed by atoms with Crippen LogP contribution >= 0.6 is 12.4 Å². The smallest absolute Gasteiger partial charge is 0.276 e. The van der Waals surface area contributed by atoms with E-state index in [1.807, 2.05) is 25.2 Å². The SMILES string of the molecule is CNC1CCN(S(=O)(=O)c2nc3ccccc3[nH]2)CC1.Cl. The lowest BCUT2D eigenvalue weighted by atomic mass is 10.1. The summed E-state index contributed by atoms with van der Waals surface area (Å²) in [6.45, 7) is 1.07. The van der Waals surface area contributed by atoms with Crippen molar-refractivity contribution in [3.05, 3.63) is 24.3 Å². The van der Waals surface area contributed by atoms with E-state index in [1.165, 1.54) is 4.31 Å². The molecule has 116 valence electrons. The lowest BCUT2D eigenvalue weighted by Gasteiger charge is -2.30. The van der Waals surface area contributed by atoms with Gasteiger partial charge in [-0.1, -0.05) is 12.1 Å². The van der Waals surface area contributed by atoms with Crippen LogP contribution in [0, 0.1) is 0 Å². The molecule has 1 aliphatic rings. The van der Waals surface area contributed by atoms with Crippen LogP contribution in [0.5, 0.6) is 0 Å². The first kappa shape index (κ1) is 16.2. The molecule has 0 bridgehead atoms. The summed E-state index contributed by atoms with van der Waals surface area (Å²) in [6.07, 6.45) is 1.66. The predicted octanol–water partition coefficient (Wildman–Crippen LogP) is 1.36. The lowest BCUT2D eigenvalue weighted by molar-refractivity contribution is 0.297. The normalized spacial score (nSPS) is 17.8. The van der Waals surface area contributed by atoms with Crippen LogP contribution in [-0.4, -0.2) is 48.9 Å². The molecule has 0 saturated carbocycles. The minimum absolute atomic E-state index is 0. The van der Waals surface area contributed by atoms with Gasteiger partial charge in [0.15, 0.2) is 0 Å². The van der Waals surface area contributed by atoms with Gasteiger partial charge in [-0.25, -0.2) is 13.4 Å². The molecule has 2 aromatic rings. The molecule has 6 nitrogen and oxygen atoms in total. The van der Waals surface area contributed by atoms with Crippen LogP contribution in [0.15, 0.2) is 29.4 Å². The summed E-state index contributed by atoms with van der Waals surface area (Å²) in [5.41, 5.74) is 1.42. The molecular formula is C13H19ClN4O2S. The van der Waals surface area contributed by atoms with E-state index in [1.54, 1.807) is 6.07 Å². The van der Waals surface area contributed by atoms with Gasteiger partial charge in [0.1, 0.15) is 0 Å². The van der Waals surface area contributed by atoms with E-state index < -0.39 is 10.0 Å². The topological polar surface area (TPSA) is 78.1 Å². The Balaban J connectivity index is 0.00000161. The summed E-state index contributed by atoms with van der Waals surface area (Å²) in [7, 11) is -1.61. The number of para-hydroxylation sites is 2. The van der Waals surface area contributed by atoms with Gasteiger partial charge in [-0.3, -0.25) is 0 Å². The summed E-state index contributed by atoms with van der Waals surface area (Å²) in [5.74, 6) is 0. The summed E-state index contributed by atoms with van der Waals surface area (Å²) < 4.78 is 26.6. The fraction of sp³-hybridized carbons (Fsp3) is 0.462. The number of hydrogen-bond acceptors (Lipinski definition) is 4. The van der Waals surface area contributed by atoms with Crippen LogP contribution < -0.4 is 5.32 Å². The first-order chi connectivity index (χ1) is 9.61. The van der Waals surface area contributed by atoms with Gasteiger partial charge in [0, 0.05) is 19.1 Å². The summed E-state index contributed by atoms with van der Waals surface area (Å²) in [6, 6.07) is 7.73. The van der Waals surface area contributed by atoms with Crippen LogP contribution in [-0.2, 0) is 10.0 Å². The Hall–Kier alpha value is -1.15. The quantitative estimate of drug-likeness (QED) is 0.890. The second-order valence-electron chi connectivity index (χ2n) is 5.03. The number of rotatable bonds is 3. The zero-order valence-corrected chi connectivity index (χ0v) is 13.4. The highest BCUT2D eigenvalue weighted by atomic mass is 35.5. The van der Waals surface area contributed by atoms with E-state index >= 15 is 0 Å². The second-order valence-corrected chi connectivity index (χ2v) is 6.88. The van der Waals surface area contributed by atoms with Crippen LogP contribution in [0.25, 0.3) is 11.0 Å². The number of fused-ring (bicyclic) bond motifs is 1. The molecule has 0 aliphatic carbocycles. The number of halogens is 1. The van der Waals surface area contributed by atoms with Crippen molar-refractivity contribution in [2.24, 2.45) is 0 Å². The third-order valence-electron chi connectivity index (χ3n) is 3.81. The number of nitrogens with one attached hydrogen (secondary N) is 2. The molecule has 1 aromatic carbocycles. The number of aromatic amines is 1. The number of sulfonamides is 1. The molecule has 1 aliphatic heterocycles. The predicted molar refractivity (Wildman–Crippen MR) is 84.2 cm³/mol. The molecule has 0 amide bonds. The fourth-order valence-corrected chi connectivity index (χ4v) is 3.95. The van der Waals surface area contributed by atoms with E-state index in [2.05, 4.69) is 15.3 Å². The molecule has 0 radical (unpaired) electrons. The Kier molecular flexibility index (Phi) is 4.88. The van der Waals surface area contributed by atoms with Crippen LogP contribution in [0.3, 0.4) is 0 Å². The van der Waals surface area contributed by atoms with Crippen molar-refractivity contribution in [1.29, 1.82) is 0 Å². The monoisotopic (exact) mass is 330 g/mol. The number of benzene rings is 1. The highest BCUT2D eigenvalue weighted by molar-refractivity contribution is 7.89. The Morgan fingerprint density at radius 2 is 1.95 bits per heavy atom. The van der Waals surface area contributed by atoms with E-state index in [9.17, 15) is 8.42 Å². The second kappa shape index (κ2) is 6.31. The third-order valence-corrected chi connectivity index (χ3v) is 5.54. The molecule has 1 saturated heterocycles. The largest absolute Gasteiger partial charge is 0.328 e. The van der Waals surface area contributed by atoms with Crippen molar-refractivity contribution >= 4 is 33.5 Å². The standard InChI is InChI=1S/C13H18N4O2S.ClH/c1-14-10-6-8-17(9-7-10)20(18,19)13-15-11-4-2-3-5-12(11)16-13;/h2-5,10,14H,6-9H2,1H3,(H,15,16);1H. The van der Waals surface area contributed by atoms with Gasteiger partial charge < -0.3 is 10.3 Å². The summed E-state index contributed by atoms with van der Waals surface area (Å²) >= 11 is 0. The van der Waals surface area contributed by atoms with Crippen molar-refractivity contribution in [2.45, 2.75) is 24.0 Å². The number of hydrogen-bond donors (Lipinski definition) is 2. The maximum absolute atomic E-state index is 12.6. The maximum Gasteiger partial charge on any atom is 0.276 e. The van der Waals surface area contributed by atoms with Gasteiger partial charge in [0.05, 0.1) is 11.0 Å². The van der Waals surface area contributed by atoms with Crippen molar-refractivity contribution < 1.29 is 8.42 Å². The lowest BCUT2D eigenvalue weighted by Crippen LogP contribution is -2.44. The highest BCUT2D eigenvalue weighted by Gasteiger charge is 2.31.